The molecule has 0 aliphatic carbocycles. The van der Waals surface area contributed by atoms with Crippen LogP contribution in [0.1, 0.15) is 16.9 Å². The van der Waals surface area contributed by atoms with Crippen molar-refractivity contribution in [2.75, 3.05) is 18.6 Å². The van der Waals surface area contributed by atoms with E-state index in [0.717, 1.165) is 0 Å². The van der Waals surface area contributed by atoms with Crippen LogP contribution < -0.4 is 15.0 Å². The Morgan fingerprint density at radius 1 is 1.20 bits per heavy atom. The highest BCUT2D eigenvalue weighted by Gasteiger charge is 2.33. The number of aryl methyl sites for hydroxylation is 1. The maximum atomic E-state index is 13.1. The van der Waals surface area contributed by atoms with Crippen molar-refractivity contribution in [1.29, 1.82) is 0 Å². The van der Waals surface area contributed by atoms with Gasteiger partial charge in [0.15, 0.2) is 0 Å². The summed E-state index contributed by atoms with van der Waals surface area (Å²) in [4.78, 5) is 27.0. The smallest absolute Gasteiger partial charge is 0.269 e. The summed E-state index contributed by atoms with van der Waals surface area (Å²) in [5.41, 5.74) is 2.32. The summed E-state index contributed by atoms with van der Waals surface area (Å²) in [5, 5.41) is 7.26. The van der Waals surface area contributed by atoms with Crippen molar-refractivity contribution in [2.24, 2.45) is 7.05 Å². The lowest BCUT2D eigenvalue weighted by atomic mass is 10.1. The van der Waals surface area contributed by atoms with E-state index >= 15 is 0 Å². The molecular weight excluding hydrogens is 387 g/mol. The molecule has 1 atom stereocenters. The quantitative estimate of drug-likeness (QED) is 0.704. The summed E-state index contributed by atoms with van der Waals surface area (Å²) in [7, 11) is 3.22. The highest BCUT2D eigenvalue weighted by Crippen LogP contribution is 2.31. The van der Waals surface area contributed by atoms with Crippen molar-refractivity contribution < 1.29 is 18.7 Å². The van der Waals surface area contributed by atoms with Crippen LogP contribution in [0.3, 0.4) is 0 Å². The van der Waals surface area contributed by atoms with E-state index in [2.05, 4.69) is 10.4 Å². The van der Waals surface area contributed by atoms with Crippen LogP contribution in [-0.2, 0) is 11.8 Å². The maximum absolute atomic E-state index is 13.1. The largest absolute Gasteiger partial charge is 0.495 e. The van der Waals surface area contributed by atoms with E-state index in [0.29, 0.717) is 34.9 Å². The van der Waals surface area contributed by atoms with Gasteiger partial charge in [-0.05, 0) is 42.5 Å². The third-order valence-electron chi connectivity index (χ3n) is 5.09. The van der Waals surface area contributed by atoms with Gasteiger partial charge in [0, 0.05) is 25.6 Å². The molecule has 1 N–H and O–H groups in total. The highest BCUT2D eigenvalue weighted by atomic mass is 19.1. The average Bonchev–Trinajstić information content (AvgIpc) is 3.30. The first-order chi connectivity index (χ1) is 14.5. The van der Waals surface area contributed by atoms with Crippen molar-refractivity contribution in [1.82, 2.24) is 15.1 Å². The number of nitrogens with zero attached hydrogens (tertiary/aromatic N) is 3. The van der Waals surface area contributed by atoms with E-state index in [1.165, 1.54) is 16.8 Å². The molecule has 2 amide bonds. The molecule has 1 fully saturated rings. The number of amides is 2. The van der Waals surface area contributed by atoms with Gasteiger partial charge in [0.05, 0.1) is 24.5 Å². The van der Waals surface area contributed by atoms with E-state index in [1.54, 1.807) is 43.3 Å². The zero-order valence-corrected chi connectivity index (χ0v) is 16.6. The number of hydrogen-bond acceptors (Lipinski definition) is 4. The number of benzene rings is 2. The summed E-state index contributed by atoms with van der Waals surface area (Å²) in [6.07, 6.45) is 0.201. The first-order valence-corrected chi connectivity index (χ1v) is 9.50. The van der Waals surface area contributed by atoms with Gasteiger partial charge in [0.2, 0.25) is 5.91 Å². The van der Waals surface area contributed by atoms with Crippen LogP contribution in [0, 0.1) is 5.82 Å². The summed E-state index contributed by atoms with van der Waals surface area (Å²) in [6, 6.07) is 14.5. The fourth-order valence-electron chi connectivity index (χ4n) is 3.59. The number of rotatable bonds is 5. The van der Waals surface area contributed by atoms with Crippen molar-refractivity contribution in [3.05, 3.63) is 66.1 Å². The van der Waals surface area contributed by atoms with Gasteiger partial charge in [0.25, 0.3) is 5.91 Å². The zero-order chi connectivity index (χ0) is 21.3. The third-order valence-corrected chi connectivity index (χ3v) is 5.09. The topological polar surface area (TPSA) is 76.5 Å². The number of para-hydroxylation sites is 2. The molecule has 7 nitrogen and oxygen atoms in total. The van der Waals surface area contributed by atoms with Gasteiger partial charge in [-0.3, -0.25) is 14.3 Å². The van der Waals surface area contributed by atoms with Crippen LogP contribution in [0.4, 0.5) is 10.1 Å². The molecule has 1 aliphatic rings. The molecule has 1 unspecified atom stereocenters. The fraction of sp³-hybridized carbons (Fsp3) is 0.227. The minimum Gasteiger partial charge on any atom is -0.495 e. The Morgan fingerprint density at radius 2 is 1.93 bits per heavy atom. The Hall–Kier alpha value is -3.68. The van der Waals surface area contributed by atoms with Crippen LogP contribution in [0.5, 0.6) is 5.75 Å². The van der Waals surface area contributed by atoms with E-state index in [-0.39, 0.29) is 30.1 Å². The van der Waals surface area contributed by atoms with Gasteiger partial charge in [-0.2, -0.15) is 5.10 Å². The Balaban J connectivity index is 1.48. The van der Waals surface area contributed by atoms with Gasteiger partial charge < -0.3 is 15.0 Å². The predicted molar refractivity (Wildman–Crippen MR) is 110 cm³/mol. The Labute approximate surface area is 173 Å². The van der Waals surface area contributed by atoms with E-state index in [9.17, 15) is 14.0 Å². The predicted octanol–water partition coefficient (Wildman–Crippen LogP) is 2.77. The molecule has 0 saturated carbocycles. The second-order valence-corrected chi connectivity index (χ2v) is 7.10. The Kier molecular flexibility index (Phi) is 5.22. The molecule has 2 heterocycles. The molecule has 1 aromatic heterocycles. The van der Waals surface area contributed by atoms with Crippen LogP contribution in [0.25, 0.3) is 11.3 Å². The number of carbonyl (C=O) groups excluding carboxylic acids is 2. The van der Waals surface area contributed by atoms with Crippen LogP contribution >= 0.6 is 0 Å². The van der Waals surface area contributed by atoms with Gasteiger partial charge in [-0.25, -0.2) is 4.39 Å². The molecule has 1 aliphatic heterocycles. The van der Waals surface area contributed by atoms with Crippen LogP contribution in [0.15, 0.2) is 54.6 Å². The SMILES string of the molecule is COc1ccccc1N1CC(NC(=O)c2cc(-c3ccc(F)cc3)nn2C)CC1=O. The third kappa shape index (κ3) is 3.76. The van der Waals surface area contributed by atoms with E-state index < -0.39 is 0 Å². The molecule has 154 valence electrons. The zero-order valence-electron chi connectivity index (χ0n) is 16.6. The lowest BCUT2D eigenvalue weighted by Crippen LogP contribution is -2.38. The normalized spacial score (nSPS) is 16.0. The number of ether oxygens (including phenoxy) is 1. The lowest BCUT2D eigenvalue weighted by molar-refractivity contribution is -0.117. The molecule has 30 heavy (non-hydrogen) atoms. The number of anilines is 1. The second-order valence-electron chi connectivity index (χ2n) is 7.10. The standard InChI is InChI=1S/C22H21FN4O3/c1-26-19(12-17(25-26)14-7-9-15(23)10-8-14)22(29)24-16-11-21(28)27(13-16)18-5-3-4-6-20(18)30-2/h3-10,12,16H,11,13H2,1-2H3,(H,24,29). The minimum absolute atomic E-state index is 0.0817. The number of carbonyl (C=O) groups is 2. The number of aromatic nitrogens is 2. The minimum atomic E-state index is -0.335. The Morgan fingerprint density at radius 3 is 2.67 bits per heavy atom. The number of hydrogen-bond donors (Lipinski definition) is 1. The van der Waals surface area contributed by atoms with Crippen molar-refractivity contribution in [3.63, 3.8) is 0 Å². The molecule has 4 rings (SSSR count). The van der Waals surface area contributed by atoms with Gasteiger partial charge in [-0.1, -0.05) is 12.1 Å². The van der Waals surface area contributed by atoms with E-state index in [1.807, 2.05) is 18.2 Å². The molecule has 0 bridgehead atoms. The fourth-order valence-corrected chi connectivity index (χ4v) is 3.59. The molecule has 0 spiro atoms. The molecular formula is C22H21FN4O3. The first kappa shape index (κ1) is 19.6. The number of halogens is 1. The highest BCUT2D eigenvalue weighted by molar-refractivity contribution is 5.99. The van der Waals surface area contributed by atoms with Crippen LogP contribution in [0.2, 0.25) is 0 Å². The lowest BCUT2D eigenvalue weighted by Gasteiger charge is -2.19. The Bertz CT molecular complexity index is 1090. The molecule has 1 saturated heterocycles. The van der Waals surface area contributed by atoms with Crippen molar-refractivity contribution >= 4 is 17.5 Å². The second kappa shape index (κ2) is 7.98. The molecule has 2 aromatic carbocycles. The first-order valence-electron chi connectivity index (χ1n) is 9.50. The number of methoxy groups -OCH3 is 1. The van der Waals surface area contributed by atoms with E-state index in [4.69, 9.17) is 4.74 Å². The average molecular weight is 408 g/mol. The van der Waals surface area contributed by atoms with Crippen molar-refractivity contribution in [3.8, 4) is 17.0 Å². The summed E-state index contributed by atoms with van der Waals surface area (Å²) >= 11 is 0. The molecule has 8 heteroatoms. The number of nitrogens with one attached hydrogen (secondary N) is 1. The summed E-state index contributed by atoms with van der Waals surface area (Å²) in [5.74, 6) is -0.133. The maximum Gasteiger partial charge on any atom is 0.269 e. The van der Waals surface area contributed by atoms with Gasteiger partial charge >= 0.3 is 0 Å². The summed E-state index contributed by atoms with van der Waals surface area (Å²) < 4.78 is 20.0. The molecule has 3 aromatic rings. The van der Waals surface area contributed by atoms with Crippen LogP contribution in [-0.4, -0.2) is 41.3 Å². The van der Waals surface area contributed by atoms with Gasteiger partial charge in [0.1, 0.15) is 17.3 Å². The van der Waals surface area contributed by atoms with Gasteiger partial charge in [-0.15, -0.1) is 0 Å². The summed E-state index contributed by atoms with van der Waals surface area (Å²) in [6.45, 7) is 0.355. The molecule has 0 radical (unpaired) electrons. The van der Waals surface area contributed by atoms with Crippen molar-refractivity contribution in [2.45, 2.75) is 12.5 Å². The monoisotopic (exact) mass is 408 g/mol.